The van der Waals surface area contributed by atoms with E-state index in [0.717, 1.165) is 18.6 Å². The molecule has 0 saturated heterocycles. The van der Waals surface area contributed by atoms with Crippen LogP contribution in [-0.2, 0) is 0 Å². The predicted octanol–water partition coefficient (Wildman–Crippen LogP) is 6.38. The molecule has 0 N–H and O–H groups in total. The number of hydrogen-bond acceptors (Lipinski definition) is 1. The van der Waals surface area contributed by atoms with Gasteiger partial charge in [-0.15, -0.1) is 0 Å². The molecule has 2 aromatic rings. The van der Waals surface area contributed by atoms with Crippen molar-refractivity contribution in [1.29, 1.82) is 0 Å². The fraction of sp³-hybridized carbons (Fsp3) is 0.304. The van der Waals surface area contributed by atoms with Crippen molar-refractivity contribution in [3.8, 4) is 5.75 Å². The molecule has 1 atom stereocenters. The van der Waals surface area contributed by atoms with Crippen LogP contribution in [-0.4, -0.2) is 6.61 Å². The van der Waals surface area contributed by atoms with Gasteiger partial charge in [0.15, 0.2) is 0 Å². The first-order valence-corrected chi connectivity index (χ1v) is 8.93. The zero-order chi connectivity index (χ0) is 16.8. The average Bonchev–Trinajstić information content (AvgIpc) is 2.67. The van der Waals surface area contributed by atoms with Gasteiger partial charge in [0.2, 0.25) is 0 Å². The Morgan fingerprint density at radius 1 is 0.917 bits per heavy atom. The van der Waals surface area contributed by atoms with Crippen molar-refractivity contribution in [1.82, 2.24) is 0 Å². The second kappa shape index (κ2) is 8.01. The zero-order valence-corrected chi connectivity index (χ0v) is 14.7. The van der Waals surface area contributed by atoms with Crippen molar-refractivity contribution in [2.45, 2.75) is 39.0 Å². The highest BCUT2D eigenvalue weighted by molar-refractivity contribution is 5.68. The summed E-state index contributed by atoms with van der Waals surface area (Å²) in [7, 11) is 0. The molecule has 24 heavy (non-hydrogen) atoms. The Kier molecular flexibility index (Phi) is 5.53. The number of hydrogen-bond donors (Lipinski definition) is 0. The van der Waals surface area contributed by atoms with E-state index in [0.29, 0.717) is 12.5 Å². The van der Waals surface area contributed by atoms with Crippen molar-refractivity contribution in [3.63, 3.8) is 0 Å². The molecule has 124 valence electrons. The molecule has 1 aliphatic carbocycles. The van der Waals surface area contributed by atoms with Crippen LogP contribution in [0.2, 0.25) is 0 Å². The third-order valence-corrected chi connectivity index (χ3v) is 4.87. The van der Waals surface area contributed by atoms with Gasteiger partial charge in [0.05, 0.1) is 0 Å². The lowest BCUT2D eigenvalue weighted by molar-refractivity contribution is 0.347. The Bertz CT molecular complexity index is 707. The number of benzene rings is 2. The SMILES string of the molecule is CCC(C)c1ccc(OCC2=CC=C(c3ccccc3)CC2)cc1. The molecule has 0 heterocycles. The minimum absolute atomic E-state index is 0.613. The van der Waals surface area contributed by atoms with Gasteiger partial charge < -0.3 is 4.74 Å². The summed E-state index contributed by atoms with van der Waals surface area (Å²) < 4.78 is 5.96. The number of rotatable bonds is 6. The van der Waals surface area contributed by atoms with Crippen molar-refractivity contribution in [2.75, 3.05) is 6.61 Å². The Hall–Kier alpha value is -2.28. The molecule has 0 radical (unpaired) electrons. The van der Waals surface area contributed by atoms with Gasteiger partial charge in [0.25, 0.3) is 0 Å². The summed E-state index contributed by atoms with van der Waals surface area (Å²) >= 11 is 0. The monoisotopic (exact) mass is 318 g/mol. The van der Waals surface area contributed by atoms with Crippen LogP contribution < -0.4 is 4.74 Å². The number of allylic oxidation sites excluding steroid dienone is 3. The van der Waals surface area contributed by atoms with Crippen LogP contribution in [0.5, 0.6) is 5.75 Å². The molecule has 3 rings (SSSR count). The summed E-state index contributed by atoms with van der Waals surface area (Å²) in [6.45, 7) is 5.17. The van der Waals surface area contributed by atoms with Gasteiger partial charge in [-0.1, -0.05) is 68.5 Å². The second-order valence-electron chi connectivity index (χ2n) is 6.55. The molecule has 1 heteroatoms. The molecule has 0 saturated carbocycles. The van der Waals surface area contributed by atoms with Gasteiger partial charge >= 0.3 is 0 Å². The van der Waals surface area contributed by atoms with Crippen molar-refractivity contribution < 1.29 is 4.74 Å². The van der Waals surface area contributed by atoms with Gasteiger partial charge in [-0.25, -0.2) is 0 Å². The largest absolute Gasteiger partial charge is 0.489 e. The lowest BCUT2D eigenvalue weighted by Crippen LogP contribution is -2.04. The summed E-state index contributed by atoms with van der Waals surface area (Å²) in [6.07, 6.45) is 7.80. The summed E-state index contributed by atoms with van der Waals surface area (Å²) in [5, 5.41) is 0. The maximum absolute atomic E-state index is 5.96. The van der Waals surface area contributed by atoms with E-state index in [4.69, 9.17) is 4.74 Å². The molecule has 2 aromatic carbocycles. The third-order valence-electron chi connectivity index (χ3n) is 4.87. The van der Waals surface area contributed by atoms with E-state index in [-0.39, 0.29) is 0 Å². The van der Waals surface area contributed by atoms with E-state index >= 15 is 0 Å². The average molecular weight is 318 g/mol. The summed E-state index contributed by atoms with van der Waals surface area (Å²) in [5.74, 6) is 1.57. The molecular weight excluding hydrogens is 292 g/mol. The maximum atomic E-state index is 5.96. The summed E-state index contributed by atoms with van der Waals surface area (Å²) in [6, 6.07) is 19.2. The van der Waals surface area contributed by atoms with E-state index in [1.165, 1.54) is 28.7 Å². The van der Waals surface area contributed by atoms with Gasteiger partial charge in [-0.3, -0.25) is 0 Å². The predicted molar refractivity (Wildman–Crippen MR) is 102 cm³/mol. The van der Waals surface area contributed by atoms with Gasteiger partial charge in [0, 0.05) is 0 Å². The van der Waals surface area contributed by atoms with Crippen LogP contribution in [0.3, 0.4) is 0 Å². The highest BCUT2D eigenvalue weighted by Gasteiger charge is 2.09. The minimum Gasteiger partial charge on any atom is -0.489 e. The Balaban J connectivity index is 1.58. The van der Waals surface area contributed by atoms with Crippen LogP contribution in [0, 0.1) is 0 Å². The molecule has 0 bridgehead atoms. The standard InChI is InChI=1S/C23H26O/c1-3-18(2)20-13-15-23(16-14-20)24-17-19-9-11-22(12-10-19)21-7-5-4-6-8-21/h4-9,11,13-16,18H,3,10,12,17H2,1-2H3. The van der Waals surface area contributed by atoms with E-state index in [1.807, 2.05) is 0 Å². The van der Waals surface area contributed by atoms with Crippen LogP contribution in [0.25, 0.3) is 5.57 Å². The van der Waals surface area contributed by atoms with Gasteiger partial charge in [-0.05, 0) is 59.6 Å². The normalized spacial score (nSPS) is 15.4. The first-order valence-electron chi connectivity index (χ1n) is 8.93. The van der Waals surface area contributed by atoms with E-state index in [1.54, 1.807) is 0 Å². The Morgan fingerprint density at radius 2 is 1.67 bits per heavy atom. The Labute approximate surface area is 145 Å². The van der Waals surface area contributed by atoms with Gasteiger partial charge in [0.1, 0.15) is 12.4 Å². The van der Waals surface area contributed by atoms with Crippen LogP contribution in [0.4, 0.5) is 0 Å². The first kappa shape index (κ1) is 16.6. The lowest BCUT2D eigenvalue weighted by Gasteiger charge is -2.16. The zero-order valence-electron chi connectivity index (χ0n) is 14.7. The van der Waals surface area contributed by atoms with Crippen LogP contribution in [0.15, 0.2) is 72.3 Å². The molecule has 1 aliphatic rings. The van der Waals surface area contributed by atoms with Gasteiger partial charge in [-0.2, -0.15) is 0 Å². The molecule has 1 nitrogen and oxygen atoms in total. The first-order chi connectivity index (χ1) is 11.8. The molecule has 0 aromatic heterocycles. The molecule has 0 aliphatic heterocycles. The van der Waals surface area contributed by atoms with E-state index in [2.05, 4.69) is 80.6 Å². The highest BCUT2D eigenvalue weighted by Crippen LogP contribution is 2.27. The van der Waals surface area contributed by atoms with E-state index in [9.17, 15) is 0 Å². The fourth-order valence-electron chi connectivity index (χ4n) is 3.00. The highest BCUT2D eigenvalue weighted by atomic mass is 16.5. The van der Waals surface area contributed by atoms with Crippen LogP contribution >= 0.6 is 0 Å². The smallest absolute Gasteiger partial charge is 0.119 e. The van der Waals surface area contributed by atoms with E-state index < -0.39 is 0 Å². The quantitative estimate of drug-likeness (QED) is 0.600. The lowest BCUT2D eigenvalue weighted by atomic mass is 9.93. The fourth-order valence-corrected chi connectivity index (χ4v) is 3.00. The minimum atomic E-state index is 0.613. The van der Waals surface area contributed by atoms with Crippen molar-refractivity contribution in [3.05, 3.63) is 83.4 Å². The molecule has 0 amide bonds. The molecule has 1 unspecified atom stereocenters. The third kappa shape index (κ3) is 4.17. The topological polar surface area (TPSA) is 9.23 Å². The van der Waals surface area contributed by atoms with Crippen molar-refractivity contribution in [2.24, 2.45) is 0 Å². The Morgan fingerprint density at radius 3 is 2.29 bits per heavy atom. The van der Waals surface area contributed by atoms with Crippen molar-refractivity contribution >= 4 is 5.57 Å². The molecular formula is C23H26O. The summed E-state index contributed by atoms with van der Waals surface area (Å²) in [5.41, 5.74) is 5.49. The molecule has 0 fully saturated rings. The maximum Gasteiger partial charge on any atom is 0.119 e. The van der Waals surface area contributed by atoms with Crippen LogP contribution in [0.1, 0.15) is 50.2 Å². The second-order valence-corrected chi connectivity index (χ2v) is 6.55. The summed E-state index contributed by atoms with van der Waals surface area (Å²) in [4.78, 5) is 0. The molecule has 0 spiro atoms. The number of ether oxygens (including phenoxy) is 1.